The van der Waals surface area contributed by atoms with Gasteiger partial charge in [-0.25, -0.2) is 4.98 Å². The average molecular weight is 422 g/mol. The second-order valence-electron chi connectivity index (χ2n) is 7.65. The summed E-state index contributed by atoms with van der Waals surface area (Å²) >= 11 is 0. The first-order chi connectivity index (χ1) is 15.0. The third-order valence-corrected chi connectivity index (χ3v) is 5.79. The van der Waals surface area contributed by atoms with Crippen LogP contribution in [-0.2, 0) is 11.3 Å². The molecular weight excluding hydrogens is 396 g/mol. The number of piperazine rings is 1. The Morgan fingerprint density at radius 3 is 2.68 bits per heavy atom. The summed E-state index contributed by atoms with van der Waals surface area (Å²) in [5.41, 5.74) is 2.78. The van der Waals surface area contributed by atoms with E-state index >= 15 is 0 Å². The predicted molar refractivity (Wildman–Crippen MR) is 118 cm³/mol. The van der Waals surface area contributed by atoms with E-state index in [0.717, 1.165) is 30.8 Å². The van der Waals surface area contributed by atoms with E-state index < -0.39 is 0 Å². The van der Waals surface area contributed by atoms with E-state index in [2.05, 4.69) is 21.8 Å². The van der Waals surface area contributed by atoms with Gasteiger partial charge in [0.05, 0.1) is 18.3 Å². The van der Waals surface area contributed by atoms with Gasteiger partial charge in [-0.1, -0.05) is 13.0 Å². The van der Waals surface area contributed by atoms with Gasteiger partial charge < -0.3 is 24.6 Å². The van der Waals surface area contributed by atoms with Crippen LogP contribution in [0.1, 0.15) is 22.8 Å². The van der Waals surface area contributed by atoms with Crippen molar-refractivity contribution in [2.45, 2.75) is 13.5 Å². The number of hydrogen-bond donors (Lipinski definition) is 2. The lowest BCUT2D eigenvalue weighted by Crippen LogP contribution is -2.48. The second kappa shape index (κ2) is 8.87. The molecule has 1 aliphatic rings. The van der Waals surface area contributed by atoms with Gasteiger partial charge in [0.2, 0.25) is 0 Å². The number of ether oxygens (including phenoxy) is 1. The molecule has 0 radical (unpaired) electrons. The number of phenolic OH excluding ortho intramolecular Hbond substituents is 1. The summed E-state index contributed by atoms with van der Waals surface area (Å²) in [5.74, 6) is -0.0717. The van der Waals surface area contributed by atoms with Crippen LogP contribution in [0.4, 0.5) is 0 Å². The van der Waals surface area contributed by atoms with Gasteiger partial charge in [-0.3, -0.25) is 9.59 Å². The molecule has 1 saturated heterocycles. The molecule has 0 atom stereocenters. The molecule has 0 aliphatic carbocycles. The Morgan fingerprint density at radius 2 is 1.97 bits per heavy atom. The predicted octanol–water partition coefficient (Wildman–Crippen LogP) is 2.22. The van der Waals surface area contributed by atoms with Crippen LogP contribution in [0.2, 0.25) is 0 Å². The number of aromatic nitrogens is 2. The molecule has 1 fully saturated rings. The van der Waals surface area contributed by atoms with Gasteiger partial charge in [-0.05, 0) is 47.5 Å². The van der Waals surface area contributed by atoms with Gasteiger partial charge >= 0.3 is 0 Å². The van der Waals surface area contributed by atoms with Crippen molar-refractivity contribution in [2.24, 2.45) is 0 Å². The van der Waals surface area contributed by atoms with Crippen LogP contribution in [-0.4, -0.2) is 70.6 Å². The normalized spacial score (nSPS) is 14.8. The summed E-state index contributed by atoms with van der Waals surface area (Å²) in [6.07, 6.45) is 1.27. The first-order valence-corrected chi connectivity index (χ1v) is 10.4. The lowest BCUT2D eigenvalue weighted by atomic mass is 9.96. The topological polar surface area (TPSA) is 98.8 Å². The number of hydrogen-bond acceptors (Lipinski definition) is 6. The van der Waals surface area contributed by atoms with E-state index in [1.165, 1.54) is 6.33 Å². The molecule has 1 aromatic heterocycles. The molecule has 8 heteroatoms. The van der Waals surface area contributed by atoms with Crippen LogP contribution in [0.15, 0.2) is 41.5 Å². The van der Waals surface area contributed by atoms with Crippen molar-refractivity contribution in [3.8, 4) is 16.9 Å². The molecule has 4 rings (SSSR count). The Kier molecular flexibility index (Phi) is 6.01. The van der Waals surface area contributed by atoms with Crippen LogP contribution in [0.5, 0.6) is 5.75 Å². The first-order valence-electron chi connectivity index (χ1n) is 10.4. The third kappa shape index (κ3) is 4.17. The minimum atomic E-state index is -0.325. The number of likely N-dealkylation sites (N-methyl/N-ethyl adjacent to an activating group) is 1. The molecular formula is C23H26N4O4. The summed E-state index contributed by atoms with van der Waals surface area (Å²) in [5, 5.41) is 10.7. The molecule has 1 aliphatic heterocycles. The Hall–Kier alpha value is -3.23. The number of methoxy groups -OCH3 is 1. The van der Waals surface area contributed by atoms with E-state index in [1.54, 1.807) is 25.3 Å². The highest BCUT2D eigenvalue weighted by Crippen LogP contribution is 2.32. The first kappa shape index (κ1) is 21.0. The minimum Gasteiger partial charge on any atom is -0.506 e. The fraction of sp³-hybridized carbons (Fsp3) is 0.348. The molecule has 0 spiro atoms. The van der Waals surface area contributed by atoms with Crippen molar-refractivity contribution in [3.05, 3.63) is 58.1 Å². The highest BCUT2D eigenvalue weighted by Gasteiger charge is 2.22. The summed E-state index contributed by atoms with van der Waals surface area (Å²) in [6, 6.07) is 8.74. The average Bonchev–Trinajstić information content (AvgIpc) is 2.79. The Balaban J connectivity index is 1.70. The molecule has 0 bridgehead atoms. The maximum Gasteiger partial charge on any atom is 0.258 e. The zero-order chi connectivity index (χ0) is 22.0. The summed E-state index contributed by atoms with van der Waals surface area (Å²) < 4.78 is 5.37. The highest BCUT2D eigenvalue weighted by atomic mass is 16.5. The van der Waals surface area contributed by atoms with Crippen LogP contribution in [0.3, 0.4) is 0 Å². The van der Waals surface area contributed by atoms with Crippen molar-refractivity contribution in [1.29, 1.82) is 0 Å². The van der Waals surface area contributed by atoms with Crippen molar-refractivity contribution < 1.29 is 14.6 Å². The van der Waals surface area contributed by atoms with E-state index in [1.807, 2.05) is 17.0 Å². The number of phenols is 1. The molecule has 8 nitrogen and oxygen atoms in total. The molecule has 2 heterocycles. The quantitative estimate of drug-likeness (QED) is 0.654. The molecule has 31 heavy (non-hydrogen) atoms. The number of carbonyl (C=O) groups excluding carboxylic acids is 1. The summed E-state index contributed by atoms with van der Waals surface area (Å²) in [7, 11) is 1.59. The smallest absolute Gasteiger partial charge is 0.258 e. The van der Waals surface area contributed by atoms with Crippen LogP contribution < -0.4 is 5.56 Å². The Labute approximate surface area is 180 Å². The number of nitrogens with zero attached hydrogens (tertiary/aromatic N) is 3. The standard InChI is InChI=1S/C23H26N4O4/c1-3-26-6-8-27(9-7-26)23(30)15-4-5-18(17(10-15)13-31-2)16-11-19-21(20(28)12-16)24-14-25-22(19)29/h4-5,10-12,14,28H,3,6-9,13H2,1-2H3,(H,24,25,29). The van der Waals surface area contributed by atoms with Gasteiger partial charge in [0.25, 0.3) is 11.5 Å². The lowest BCUT2D eigenvalue weighted by molar-refractivity contribution is 0.0643. The van der Waals surface area contributed by atoms with Crippen molar-refractivity contribution >= 4 is 16.8 Å². The monoisotopic (exact) mass is 422 g/mol. The molecule has 2 N–H and O–H groups in total. The third-order valence-electron chi connectivity index (χ3n) is 5.79. The number of aromatic amines is 1. The number of carbonyl (C=O) groups is 1. The highest BCUT2D eigenvalue weighted by molar-refractivity contribution is 5.96. The largest absolute Gasteiger partial charge is 0.506 e. The van der Waals surface area contributed by atoms with E-state index in [-0.39, 0.29) is 22.7 Å². The number of H-pyrrole nitrogens is 1. The van der Waals surface area contributed by atoms with Crippen LogP contribution in [0, 0.1) is 0 Å². The number of benzene rings is 2. The number of amides is 1. The Morgan fingerprint density at radius 1 is 1.19 bits per heavy atom. The van der Waals surface area contributed by atoms with E-state index in [0.29, 0.717) is 36.2 Å². The SMILES string of the molecule is CCN1CCN(C(=O)c2ccc(-c3cc(O)c4nc[nH]c(=O)c4c3)c(COC)c2)CC1. The maximum absolute atomic E-state index is 13.0. The van der Waals surface area contributed by atoms with Gasteiger partial charge in [-0.15, -0.1) is 0 Å². The fourth-order valence-electron chi connectivity index (χ4n) is 4.05. The number of fused-ring (bicyclic) bond motifs is 1. The van der Waals surface area contributed by atoms with Gasteiger partial charge in [0.1, 0.15) is 11.3 Å². The molecule has 3 aromatic rings. The number of nitrogens with one attached hydrogen (secondary N) is 1. The van der Waals surface area contributed by atoms with Gasteiger partial charge in [-0.2, -0.15) is 0 Å². The molecule has 1 amide bonds. The van der Waals surface area contributed by atoms with Gasteiger partial charge in [0, 0.05) is 38.9 Å². The maximum atomic E-state index is 13.0. The van der Waals surface area contributed by atoms with Crippen molar-refractivity contribution in [1.82, 2.24) is 19.8 Å². The van der Waals surface area contributed by atoms with Gasteiger partial charge in [0.15, 0.2) is 0 Å². The second-order valence-corrected chi connectivity index (χ2v) is 7.65. The fourth-order valence-corrected chi connectivity index (χ4v) is 4.05. The lowest BCUT2D eigenvalue weighted by Gasteiger charge is -2.34. The minimum absolute atomic E-state index is 0.00154. The summed E-state index contributed by atoms with van der Waals surface area (Å²) in [4.78, 5) is 36.0. The molecule has 0 saturated carbocycles. The van der Waals surface area contributed by atoms with E-state index in [4.69, 9.17) is 4.74 Å². The van der Waals surface area contributed by atoms with Crippen molar-refractivity contribution in [2.75, 3.05) is 39.8 Å². The Bertz CT molecular complexity index is 1170. The van der Waals surface area contributed by atoms with Crippen LogP contribution in [0.25, 0.3) is 22.0 Å². The van der Waals surface area contributed by atoms with Crippen LogP contribution >= 0.6 is 0 Å². The number of aromatic hydroxyl groups is 1. The number of rotatable bonds is 5. The molecule has 2 aromatic carbocycles. The summed E-state index contributed by atoms with van der Waals surface area (Å²) in [6.45, 7) is 6.59. The zero-order valence-electron chi connectivity index (χ0n) is 17.7. The zero-order valence-corrected chi connectivity index (χ0v) is 17.7. The molecule has 162 valence electrons. The van der Waals surface area contributed by atoms with E-state index in [9.17, 15) is 14.7 Å². The van der Waals surface area contributed by atoms with Crippen molar-refractivity contribution in [3.63, 3.8) is 0 Å². The molecule has 0 unspecified atom stereocenters.